The van der Waals surface area contributed by atoms with Crippen molar-refractivity contribution < 1.29 is 19.4 Å². The molecule has 1 aromatic heterocycles. The smallest absolute Gasteiger partial charge is 0.290 e. The highest BCUT2D eigenvalue weighted by atomic mass is 32.1. The zero-order valence-corrected chi connectivity index (χ0v) is 16.5. The molecule has 27 heavy (non-hydrogen) atoms. The molecule has 5 nitrogen and oxygen atoms in total. The van der Waals surface area contributed by atoms with Crippen molar-refractivity contribution >= 4 is 23.0 Å². The molecule has 6 heteroatoms. The second kappa shape index (κ2) is 7.96. The number of aliphatic hydroxyl groups is 1. The molecule has 1 atom stereocenters. The van der Waals surface area contributed by atoms with Gasteiger partial charge in [-0.1, -0.05) is 32.0 Å². The van der Waals surface area contributed by atoms with Crippen LogP contribution in [0.15, 0.2) is 53.1 Å². The third-order valence-electron chi connectivity index (χ3n) is 4.50. The van der Waals surface area contributed by atoms with Gasteiger partial charge in [-0.15, -0.1) is 11.3 Å². The third kappa shape index (κ3) is 3.90. The van der Waals surface area contributed by atoms with Gasteiger partial charge in [-0.25, -0.2) is 0 Å². The summed E-state index contributed by atoms with van der Waals surface area (Å²) in [5, 5.41) is 12.4. The summed E-state index contributed by atoms with van der Waals surface area (Å²) >= 11 is 1.47. The predicted octanol–water partition coefficient (Wildman–Crippen LogP) is 4.27. The number of nitrogens with zero attached hydrogens (tertiary/aromatic N) is 1. The Labute approximate surface area is 162 Å². The lowest BCUT2D eigenvalue weighted by molar-refractivity contribution is -0.130. The largest absolute Gasteiger partial charge is 0.503 e. The Balaban J connectivity index is 1.98. The van der Waals surface area contributed by atoms with Gasteiger partial charge in [0.2, 0.25) is 0 Å². The maximum absolute atomic E-state index is 12.8. The minimum Gasteiger partial charge on any atom is -0.503 e. The summed E-state index contributed by atoms with van der Waals surface area (Å²) in [5.74, 6) is -0.280. The van der Waals surface area contributed by atoms with Gasteiger partial charge in [-0.05, 0) is 35.1 Å². The van der Waals surface area contributed by atoms with Crippen LogP contribution in [0.25, 0.3) is 0 Å². The number of methoxy groups -OCH3 is 1. The second-order valence-electron chi connectivity index (χ2n) is 6.99. The van der Waals surface area contributed by atoms with E-state index in [4.69, 9.17) is 4.74 Å². The number of ketones is 1. The maximum atomic E-state index is 12.8. The summed E-state index contributed by atoms with van der Waals surface area (Å²) in [6.07, 6.45) is 0.293. The highest BCUT2D eigenvalue weighted by molar-refractivity contribution is 7.10. The highest BCUT2D eigenvalue weighted by Crippen LogP contribution is 2.41. The first-order valence-corrected chi connectivity index (χ1v) is 9.74. The van der Waals surface area contributed by atoms with Gasteiger partial charge in [0.1, 0.15) is 5.75 Å². The van der Waals surface area contributed by atoms with Gasteiger partial charge < -0.3 is 14.7 Å². The number of rotatable bonds is 7. The van der Waals surface area contributed by atoms with E-state index in [0.29, 0.717) is 12.2 Å². The Bertz CT molecular complexity index is 870. The number of ether oxygens (including phenoxy) is 1. The minimum atomic E-state index is -0.560. The van der Waals surface area contributed by atoms with Gasteiger partial charge in [-0.2, -0.15) is 0 Å². The molecule has 142 valence electrons. The maximum Gasteiger partial charge on any atom is 0.290 e. The molecule has 1 N–H and O–H groups in total. The normalized spacial score (nSPS) is 17.1. The second-order valence-corrected chi connectivity index (χ2v) is 7.97. The molecule has 1 amide bonds. The number of amides is 1. The molecule has 0 aliphatic carbocycles. The van der Waals surface area contributed by atoms with E-state index in [1.54, 1.807) is 12.0 Å². The highest BCUT2D eigenvalue weighted by Gasteiger charge is 2.43. The lowest BCUT2D eigenvalue weighted by Gasteiger charge is -2.26. The SMILES string of the molecule is COc1cccc(CN2C(=O)C(O)=C(C(=O)CC(C)C)C2c2cccs2)c1. The van der Waals surface area contributed by atoms with Crippen molar-refractivity contribution in [3.8, 4) is 5.75 Å². The molecule has 1 aliphatic heterocycles. The van der Waals surface area contributed by atoms with Crippen LogP contribution in [0.3, 0.4) is 0 Å². The van der Waals surface area contributed by atoms with E-state index in [2.05, 4.69) is 0 Å². The molecule has 1 aromatic carbocycles. The van der Waals surface area contributed by atoms with Crippen LogP contribution < -0.4 is 4.74 Å². The summed E-state index contributed by atoms with van der Waals surface area (Å²) in [4.78, 5) is 28.0. The zero-order chi connectivity index (χ0) is 19.6. The van der Waals surface area contributed by atoms with Crippen molar-refractivity contribution in [2.24, 2.45) is 5.92 Å². The number of aliphatic hydroxyl groups excluding tert-OH is 1. The van der Waals surface area contributed by atoms with E-state index in [1.807, 2.05) is 55.6 Å². The van der Waals surface area contributed by atoms with Crippen LogP contribution in [0.1, 0.15) is 36.8 Å². The average molecular weight is 385 g/mol. The summed E-state index contributed by atoms with van der Waals surface area (Å²) in [5.41, 5.74) is 1.08. The summed E-state index contributed by atoms with van der Waals surface area (Å²) in [6, 6.07) is 10.6. The van der Waals surface area contributed by atoms with Crippen LogP contribution in [0, 0.1) is 5.92 Å². The van der Waals surface area contributed by atoms with E-state index in [0.717, 1.165) is 10.4 Å². The molecule has 2 heterocycles. The van der Waals surface area contributed by atoms with Crippen molar-refractivity contribution in [1.29, 1.82) is 0 Å². The van der Waals surface area contributed by atoms with Crippen molar-refractivity contribution in [1.82, 2.24) is 4.90 Å². The first-order valence-electron chi connectivity index (χ1n) is 8.86. The molecule has 0 bridgehead atoms. The molecular formula is C21H23NO4S. The van der Waals surface area contributed by atoms with E-state index >= 15 is 0 Å². The van der Waals surface area contributed by atoms with Crippen LogP contribution in [0.4, 0.5) is 0 Å². The zero-order valence-electron chi connectivity index (χ0n) is 15.6. The topological polar surface area (TPSA) is 66.8 Å². The first-order chi connectivity index (χ1) is 12.9. The summed E-state index contributed by atoms with van der Waals surface area (Å²) in [7, 11) is 1.59. The van der Waals surface area contributed by atoms with E-state index < -0.39 is 17.7 Å². The average Bonchev–Trinajstić information content (AvgIpc) is 3.24. The fourth-order valence-corrected chi connectivity index (χ4v) is 4.14. The Morgan fingerprint density at radius 1 is 1.30 bits per heavy atom. The number of hydrogen-bond donors (Lipinski definition) is 1. The van der Waals surface area contributed by atoms with Crippen molar-refractivity contribution in [3.05, 3.63) is 63.6 Å². The quantitative estimate of drug-likeness (QED) is 0.773. The first kappa shape index (κ1) is 19.2. The Morgan fingerprint density at radius 3 is 2.70 bits per heavy atom. The molecule has 0 saturated carbocycles. The van der Waals surface area contributed by atoms with Gasteiger partial charge in [0.25, 0.3) is 5.91 Å². The van der Waals surface area contributed by atoms with Gasteiger partial charge in [0, 0.05) is 17.8 Å². The van der Waals surface area contributed by atoms with Crippen LogP contribution in [0.2, 0.25) is 0 Å². The van der Waals surface area contributed by atoms with E-state index in [-0.39, 0.29) is 23.8 Å². The number of carbonyl (C=O) groups is 2. The van der Waals surface area contributed by atoms with Crippen LogP contribution >= 0.6 is 11.3 Å². The monoisotopic (exact) mass is 385 g/mol. The van der Waals surface area contributed by atoms with E-state index in [1.165, 1.54) is 11.3 Å². The number of benzene rings is 1. The Kier molecular flexibility index (Phi) is 5.65. The fraction of sp³-hybridized carbons (Fsp3) is 0.333. The van der Waals surface area contributed by atoms with E-state index in [9.17, 15) is 14.7 Å². The lowest BCUT2D eigenvalue weighted by Crippen LogP contribution is -2.30. The van der Waals surface area contributed by atoms with Crippen LogP contribution in [-0.4, -0.2) is 28.8 Å². The molecule has 0 saturated heterocycles. The lowest BCUT2D eigenvalue weighted by atomic mass is 9.95. The number of carbonyl (C=O) groups excluding carboxylic acids is 2. The molecule has 2 aromatic rings. The predicted molar refractivity (Wildman–Crippen MR) is 105 cm³/mol. The molecular weight excluding hydrogens is 362 g/mol. The number of Topliss-reactive ketones (excluding diaryl/α,β-unsaturated/α-hetero) is 1. The Morgan fingerprint density at radius 2 is 2.07 bits per heavy atom. The molecule has 0 spiro atoms. The minimum absolute atomic E-state index is 0.143. The number of hydrogen-bond acceptors (Lipinski definition) is 5. The molecule has 3 rings (SSSR count). The van der Waals surface area contributed by atoms with Crippen molar-refractivity contribution in [3.63, 3.8) is 0 Å². The molecule has 1 unspecified atom stereocenters. The van der Waals surface area contributed by atoms with Gasteiger partial charge in [-0.3, -0.25) is 9.59 Å². The Hall–Kier alpha value is -2.60. The van der Waals surface area contributed by atoms with Gasteiger partial charge in [0.15, 0.2) is 11.5 Å². The summed E-state index contributed by atoms with van der Waals surface area (Å²) in [6.45, 7) is 4.17. The van der Waals surface area contributed by atoms with Crippen molar-refractivity contribution in [2.45, 2.75) is 32.9 Å². The number of thiophene rings is 1. The molecule has 1 aliphatic rings. The van der Waals surface area contributed by atoms with Gasteiger partial charge >= 0.3 is 0 Å². The van der Waals surface area contributed by atoms with Crippen LogP contribution in [-0.2, 0) is 16.1 Å². The third-order valence-corrected chi connectivity index (χ3v) is 5.42. The molecule has 0 fully saturated rings. The standard InChI is InChI=1S/C21H23NO4S/c1-13(2)10-16(23)18-19(17-8-5-9-27-17)22(21(25)20(18)24)12-14-6-4-7-15(11-14)26-3/h4-9,11,13,19,24H,10,12H2,1-3H3. The summed E-state index contributed by atoms with van der Waals surface area (Å²) < 4.78 is 5.25. The molecule has 0 radical (unpaired) electrons. The van der Waals surface area contributed by atoms with Crippen molar-refractivity contribution in [2.75, 3.05) is 7.11 Å². The fourth-order valence-electron chi connectivity index (χ4n) is 3.29. The van der Waals surface area contributed by atoms with Crippen LogP contribution in [0.5, 0.6) is 5.75 Å². The van der Waals surface area contributed by atoms with Gasteiger partial charge in [0.05, 0.1) is 18.7 Å².